The molecule has 4 rings (SSSR count). The molecule has 0 saturated heterocycles. The Labute approximate surface area is 173 Å². The van der Waals surface area contributed by atoms with E-state index in [-0.39, 0.29) is 17.0 Å². The predicted octanol–water partition coefficient (Wildman–Crippen LogP) is 4.55. The molecule has 0 radical (unpaired) electrons. The Kier molecular flexibility index (Phi) is 5.43. The highest BCUT2D eigenvalue weighted by Crippen LogP contribution is 2.40. The molecule has 1 aliphatic rings. The van der Waals surface area contributed by atoms with E-state index >= 15 is 0 Å². The number of hydrogen-bond donors (Lipinski definition) is 1. The zero-order chi connectivity index (χ0) is 20.5. The maximum absolute atomic E-state index is 14.1. The van der Waals surface area contributed by atoms with E-state index in [2.05, 4.69) is 74.6 Å². The van der Waals surface area contributed by atoms with E-state index in [4.69, 9.17) is 4.43 Å². The van der Waals surface area contributed by atoms with Crippen molar-refractivity contribution in [3.05, 3.63) is 95.8 Å². The second-order valence-corrected chi connectivity index (χ2v) is 13.0. The summed E-state index contributed by atoms with van der Waals surface area (Å²) in [6.45, 7) is 8.23. The fourth-order valence-electron chi connectivity index (χ4n) is 4.48. The molecule has 29 heavy (non-hydrogen) atoms. The molecule has 3 aromatic carbocycles. The van der Waals surface area contributed by atoms with Gasteiger partial charge in [-0.2, -0.15) is 0 Å². The minimum absolute atomic E-state index is 0.110. The number of halogens is 1. The minimum atomic E-state index is -2.69. The van der Waals surface area contributed by atoms with Crippen molar-refractivity contribution in [2.45, 2.75) is 38.5 Å². The van der Waals surface area contributed by atoms with Crippen LogP contribution in [0.3, 0.4) is 0 Å². The van der Waals surface area contributed by atoms with Crippen molar-refractivity contribution in [1.29, 1.82) is 0 Å². The monoisotopic (exact) mass is 405 g/mol. The van der Waals surface area contributed by atoms with Crippen LogP contribution in [-0.2, 0) is 11.0 Å². The molecular formula is C25H28FNOSi. The third-order valence-electron chi connectivity index (χ3n) is 5.84. The third kappa shape index (κ3) is 3.68. The van der Waals surface area contributed by atoms with Crippen LogP contribution in [0, 0.1) is 5.82 Å². The lowest BCUT2D eigenvalue weighted by Gasteiger charge is -2.46. The maximum atomic E-state index is 14.1. The number of nitrogens with one attached hydrogen (secondary N) is 1. The summed E-state index contributed by atoms with van der Waals surface area (Å²) >= 11 is 0. The maximum Gasteiger partial charge on any atom is 0.261 e. The molecule has 3 aromatic rings. The Morgan fingerprint density at radius 2 is 1.48 bits per heavy atom. The van der Waals surface area contributed by atoms with E-state index in [0.717, 1.165) is 17.7 Å². The molecule has 2 nitrogen and oxygen atoms in total. The number of rotatable bonds is 4. The van der Waals surface area contributed by atoms with Gasteiger partial charge in [0.15, 0.2) is 0 Å². The lowest BCUT2D eigenvalue weighted by atomic mass is 9.99. The van der Waals surface area contributed by atoms with Gasteiger partial charge < -0.3 is 9.74 Å². The summed E-state index contributed by atoms with van der Waals surface area (Å²) in [7, 11) is -2.69. The Hall–Kier alpha value is -2.27. The SMILES string of the molecule is CC(C)(C)[Si](OC1CNCc2ccc(F)cc21)(c1ccccc1)c1ccccc1. The number of benzene rings is 3. The first kappa shape index (κ1) is 20.0. The normalized spacial score (nSPS) is 17.0. The minimum Gasteiger partial charge on any atom is -0.399 e. The largest absolute Gasteiger partial charge is 0.399 e. The van der Waals surface area contributed by atoms with Gasteiger partial charge >= 0.3 is 0 Å². The van der Waals surface area contributed by atoms with Gasteiger partial charge in [-0.25, -0.2) is 4.39 Å². The highest BCUT2D eigenvalue weighted by atomic mass is 28.4. The smallest absolute Gasteiger partial charge is 0.261 e. The van der Waals surface area contributed by atoms with E-state index in [1.165, 1.54) is 16.4 Å². The van der Waals surface area contributed by atoms with Gasteiger partial charge in [0.25, 0.3) is 8.32 Å². The average molecular weight is 406 g/mol. The summed E-state index contributed by atoms with van der Waals surface area (Å²) in [6.07, 6.45) is -0.194. The molecule has 0 fully saturated rings. The molecule has 4 heteroatoms. The molecular weight excluding hydrogens is 377 g/mol. The highest BCUT2D eigenvalue weighted by molar-refractivity contribution is 6.99. The van der Waals surface area contributed by atoms with Gasteiger partial charge in [-0.15, -0.1) is 0 Å². The Morgan fingerprint density at radius 1 is 0.897 bits per heavy atom. The van der Waals surface area contributed by atoms with Gasteiger partial charge in [0, 0.05) is 13.1 Å². The predicted molar refractivity (Wildman–Crippen MR) is 120 cm³/mol. The van der Waals surface area contributed by atoms with Crippen molar-refractivity contribution in [3.8, 4) is 0 Å². The van der Waals surface area contributed by atoms with Crippen molar-refractivity contribution < 1.29 is 8.82 Å². The average Bonchev–Trinajstić information content (AvgIpc) is 2.72. The quantitative estimate of drug-likeness (QED) is 0.643. The molecule has 1 heterocycles. The molecule has 1 unspecified atom stereocenters. The lowest BCUT2D eigenvalue weighted by Crippen LogP contribution is -2.67. The molecule has 150 valence electrons. The Bertz CT molecular complexity index is 930. The summed E-state index contributed by atoms with van der Waals surface area (Å²) in [6, 6.07) is 26.2. The van der Waals surface area contributed by atoms with Crippen LogP contribution in [0.25, 0.3) is 0 Å². The van der Waals surface area contributed by atoms with Crippen LogP contribution < -0.4 is 15.7 Å². The highest BCUT2D eigenvalue weighted by Gasteiger charge is 2.51. The molecule has 0 amide bonds. The Balaban J connectivity index is 1.90. The first-order valence-electron chi connectivity index (χ1n) is 10.2. The molecule has 1 N–H and O–H groups in total. The van der Waals surface area contributed by atoms with Crippen LogP contribution in [-0.4, -0.2) is 14.9 Å². The van der Waals surface area contributed by atoms with Gasteiger partial charge in [-0.05, 0) is 38.7 Å². The fourth-order valence-corrected chi connectivity index (χ4v) is 9.14. The van der Waals surface area contributed by atoms with E-state index in [9.17, 15) is 4.39 Å². The van der Waals surface area contributed by atoms with E-state index < -0.39 is 8.32 Å². The van der Waals surface area contributed by atoms with Crippen LogP contribution in [0.2, 0.25) is 5.04 Å². The second kappa shape index (κ2) is 7.86. The first-order valence-corrected chi connectivity index (χ1v) is 12.1. The summed E-state index contributed by atoms with van der Waals surface area (Å²) in [5.41, 5.74) is 2.08. The van der Waals surface area contributed by atoms with Crippen LogP contribution >= 0.6 is 0 Å². The first-order chi connectivity index (χ1) is 13.9. The van der Waals surface area contributed by atoms with Gasteiger partial charge in [0.2, 0.25) is 0 Å². The van der Waals surface area contributed by atoms with E-state index in [1.54, 1.807) is 6.07 Å². The molecule has 0 aliphatic carbocycles. The van der Waals surface area contributed by atoms with E-state index in [0.29, 0.717) is 6.54 Å². The topological polar surface area (TPSA) is 21.3 Å². The molecule has 0 aromatic heterocycles. The molecule has 0 bridgehead atoms. The number of hydrogen-bond acceptors (Lipinski definition) is 2. The van der Waals surface area contributed by atoms with Gasteiger partial charge in [-0.3, -0.25) is 0 Å². The summed E-state index contributed by atoms with van der Waals surface area (Å²) in [4.78, 5) is 0. The lowest BCUT2D eigenvalue weighted by molar-refractivity contribution is 0.177. The zero-order valence-electron chi connectivity index (χ0n) is 17.3. The van der Waals surface area contributed by atoms with Crippen molar-refractivity contribution in [3.63, 3.8) is 0 Å². The molecule has 0 spiro atoms. The summed E-state index contributed by atoms with van der Waals surface area (Å²) in [5, 5.41) is 5.83. The summed E-state index contributed by atoms with van der Waals surface area (Å²) in [5.74, 6) is -0.207. The van der Waals surface area contributed by atoms with E-state index in [1.807, 2.05) is 18.2 Å². The van der Waals surface area contributed by atoms with Gasteiger partial charge in [-0.1, -0.05) is 87.5 Å². The van der Waals surface area contributed by atoms with Crippen molar-refractivity contribution in [2.75, 3.05) is 6.54 Å². The zero-order valence-corrected chi connectivity index (χ0v) is 18.3. The van der Waals surface area contributed by atoms with Crippen LogP contribution in [0.15, 0.2) is 78.9 Å². The molecule has 1 aliphatic heterocycles. The second-order valence-electron chi connectivity index (χ2n) is 8.74. The van der Waals surface area contributed by atoms with Gasteiger partial charge in [0.05, 0.1) is 6.10 Å². The van der Waals surface area contributed by atoms with Crippen LogP contribution in [0.4, 0.5) is 4.39 Å². The Morgan fingerprint density at radius 3 is 2.03 bits per heavy atom. The van der Waals surface area contributed by atoms with Crippen LogP contribution in [0.1, 0.15) is 38.0 Å². The third-order valence-corrected chi connectivity index (χ3v) is 10.9. The number of fused-ring (bicyclic) bond motifs is 1. The van der Waals surface area contributed by atoms with Crippen molar-refractivity contribution >= 4 is 18.7 Å². The fraction of sp³-hybridized carbons (Fsp3) is 0.280. The standard InChI is InChI=1S/C25H28FNOSi/c1-25(2,3)29(21-10-6-4-7-11-21,22-12-8-5-9-13-22)28-24-18-27-17-19-14-15-20(26)16-23(19)24/h4-16,24,27H,17-18H2,1-3H3. The molecule has 1 atom stereocenters. The molecule has 0 saturated carbocycles. The van der Waals surface area contributed by atoms with Crippen LogP contribution in [0.5, 0.6) is 0 Å². The van der Waals surface area contributed by atoms with Gasteiger partial charge in [0.1, 0.15) is 5.82 Å². The van der Waals surface area contributed by atoms with Crippen molar-refractivity contribution in [1.82, 2.24) is 5.32 Å². The summed E-state index contributed by atoms with van der Waals surface area (Å²) < 4.78 is 21.3. The van der Waals surface area contributed by atoms with Crippen molar-refractivity contribution in [2.24, 2.45) is 0 Å².